The Bertz CT molecular complexity index is 1040. The summed E-state index contributed by atoms with van der Waals surface area (Å²) in [5.41, 5.74) is 1.65. The molecule has 1 saturated carbocycles. The molecule has 8 nitrogen and oxygen atoms in total. The second-order valence-electron chi connectivity index (χ2n) is 8.12. The van der Waals surface area contributed by atoms with E-state index in [1.54, 1.807) is 30.8 Å². The highest BCUT2D eigenvalue weighted by molar-refractivity contribution is 7.12. The fourth-order valence-electron chi connectivity index (χ4n) is 4.89. The lowest BCUT2D eigenvalue weighted by atomic mass is 9.77. The summed E-state index contributed by atoms with van der Waals surface area (Å²) in [7, 11) is 1.79. The van der Waals surface area contributed by atoms with Gasteiger partial charge in [0.05, 0.1) is 18.3 Å². The number of hydrogen-bond donors (Lipinski definition) is 0. The van der Waals surface area contributed by atoms with Crippen molar-refractivity contribution in [2.24, 2.45) is 11.8 Å². The lowest BCUT2D eigenvalue weighted by Gasteiger charge is -2.37. The molecular weight excluding hydrogens is 398 g/mol. The molecule has 0 bridgehead atoms. The van der Waals surface area contributed by atoms with Crippen LogP contribution in [0.15, 0.2) is 37.1 Å². The van der Waals surface area contributed by atoms with Crippen molar-refractivity contribution in [3.05, 3.63) is 46.8 Å². The average molecular weight is 422 g/mol. The number of aromatic nitrogens is 5. The van der Waals surface area contributed by atoms with Crippen LogP contribution in [0, 0.1) is 23.2 Å². The van der Waals surface area contributed by atoms with Gasteiger partial charge in [-0.3, -0.25) is 4.90 Å². The Balaban J connectivity index is 1.29. The molecule has 0 spiro atoms. The Labute approximate surface area is 179 Å². The van der Waals surface area contributed by atoms with E-state index in [9.17, 15) is 0 Å². The molecule has 4 heterocycles. The van der Waals surface area contributed by atoms with Crippen LogP contribution in [0.25, 0.3) is 11.3 Å². The highest BCUT2D eigenvalue weighted by Gasteiger charge is 2.43. The molecular formula is C21H23N7OS. The standard InChI is InChI=1S/C21H23N7OS/c1-29-21-5-15-10-27(11-18-3-2-17(6-22)30-18)9-14(15)4-20(21)28-12-19(25-26-28)16-7-23-13-24-8-16/h2-3,7-8,12-15,20-21H,4-5,9-11H2,1H3/t14-,15+,20-,21-/m1/s1. The number of hydrogen-bond acceptors (Lipinski definition) is 8. The van der Waals surface area contributed by atoms with Crippen molar-refractivity contribution in [2.45, 2.75) is 31.5 Å². The van der Waals surface area contributed by atoms with Crippen LogP contribution in [0.3, 0.4) is 0 Å². The third kappa shape index (κ3) is 3.74. The number of nitriles is 1. The molecule has 0 aromatic carbocycles. The molecule has 30 heavy (non-hydrogen) atoms. The van der Waals surface area contributed by atoms with E-state index in [0.29, 0.717) is 11.8 Å². The first kappa shape index (κ1) is 19.3. The van der Waals surface area contributed by atoms with Crippen LogP contribution in [0.5, 0.6) is 0 Å². The van der Waals surface area contributed by atoms with Crippen molar-refractivity contribution in [1.29, 1.82) is 5.26 Å². The molecule has 0 N–H and O–H groups in total. The Morgan fingerprint density at radius 1 is 1.20 bits per heavy atom. The number of fused-ring (bicyclic) bond motifs is 1. The molecule has 5 rings (SSSR count). The third-order valence-corrected chi connectivity index (χ3v) is 7.30. The smallest absolute Gasteiger partial charge is 0.116 e. The van der Waals surface area contributed by atoms with E-state index < -0.39 is 0 Å². The summed E-state index contributed by atoms with van der Waals surface area (Å²) >= 11 is 1.60. The fraction of sp³-hybridized carbons (Fsp3) is 0.476. The number of thiophene rings is 1. The lowest BCUT2D eigenvalue weighted by molar-refractivity contribution is -0.00545. The van der Waals surface area contributed by atoms with E-state index in [-0.39, 0.29) is 12.1 Å². The van der Waals surface area contributed by atoms with Gasteiger partial charge in [-0.15, -0.1) is 16.4 Å². The molecule has 0 radical (unpaired) electrons. The molecule has 3 aromatic rings. The van der Waals surface area contributed by atoms with Crippen LogP contribution in [-0.2, 0) is 11.3 Å². The van der Waals surface area contributed by atoms with Gasteiger partial charge in [-0.25, -0.2) is 14.6 Å². The molecule has 9 heteroatoms. The van der Waals surface area contributed by atoms with Gasteiger partial charge < -0.3 is 4.74 Å². The van der Waals surface area contributed by atoms with E-state index in [2.05, 4.69) is 37.3 Å². The third-order valence-electron chi connectivity index (χ3n) is 6.32. The Hall–Kier alpha value is -2.67. The minimum absolute atomic E-state index is 0.125. The Morgan fingerprint density at radius 2 is 2.00 bits per heavy atom. The molecule has 154 valence electrons. The van der Waals surface area contributed by atoms with Crippen LogP contribution < -0.4 is 0 Å². The van der Waals surface area contributed by atoms with Gasteiger partial charge in [0.25, 0.3) is 0 Å². The minimum atomic E-state index is 0.125. The van der Waals surface area contributed by atoms with Gasteiger partial charge in [-0.1, -0.05) is 5.21 Å². The summed E-state index contributed by atoms with van der Waals surface area (Å²) in [6.45, 7) is 3.08. The molecule has 1 aliphatic heterocycles. The first-order chi connectivity index (χ1) is 14.7. The summed E-state index contributed by atoms with van der Waals surface area (Å²) in [5.74, 6) is 1.25. The van der Waals surface area contributed by atoms with Gasteiger partial charge in [0, 0.05) is 49.6 Å². The topological polar surface area (TPSA) is 92.8 Å². The molecule has 2 fully saturated rings. The van der Waals surface area contributed by atoms with Crippen molar-refractivity contribution in [1.82, 2.24) is 29.9 Å². The lowest BCUT2D eigenvalue weighted by Crippen LogP contribution is -2.37. The number of ether oxygens (including phenoxy) is 1. The van der Waals surface area contributed by atoms with E-state index in [1.165, 1.54) is 11.2 Å². The van der Waals surface area contributed by atoms with Crippen molar-refractivity contribution in [2.75, 3.05) is 20.2 Å². The first-order valence-corrected chi connectivity index (χ1v) is 11.0. The van der Waals surface area contributed by atoms with Gasteiger partial charge in [-0.2, -0.15) is 5.26 Å². The predicted octanol–water partition coefficient (Wildman–Crippen LogP) is 2.77. The maximum atomic E-state index is 9.06. The van der Waals surface area contributed by atoms with Crippen LogP contribution in [-0.4, -0.2) is 56.2 Å². The minimum Gasteiger partial charge on any atom is -0.379 e. The normalized spacial score (nSPS) is 26.4. The second-order valence-corrected chi connectivity index (χ2v) is 9.28. The molecule has 1 saturated heterocycles. The van der Waals surface area contributed by atoms with Gasteiger partial charge >= 0.3 is 0 Å². The first-order valence-electron chi connectivity index (χ1n) is 10.1. The summed E-state index contributed by atoms with van der Waals surface area (Å²) in [6, 6.07) is 6.40. The molecule has 3 aromatic heterocycles. The van der Waals surface area contributed by atoms with Crippen LogP contribution in [0.2, 0.25) is 0 Å². The van der Waals surface area contributed by atoms with Gasteiger partial charge in [0.15, 0.2) is 0 Å². The fourth-order valence-corrected chi connectivity index (χ4v) is 5.74. The zero-order chi connectivity index (χ0) is 20.5. The number of methoxy groups -OCH3 is 1. The second kappa shape index (κ2) is 8.22. The van der Waals surface area contributed by atoms with Crippen molar-refractivity contribution in [3.63, 3.8) is 0 Å². The highest BCUT2D eigenvalue weighted by atomic mass is 32.1. The Morgan fingerprint density at radius 3 is 2.73 bits per heavy atom. The summed E-state index contributed by atoms with van der Waals surface area (Å²) in [5, 5.41) is 17.8. The monoisotopic (exact) mass is 421 g/mol. The maximum Gasteiger partial charge on any atom is 0.116 e. The molecule has 2 aliphatic rings. The molecule has 0 amide bonds. The largest absolute Gasteiger partial charge is 0.379 e. The van der Waals surface area contributed by atoms with Crippen molar-refractivity contribution >= 4 is 11.3 Å². The van der Waals surface area contributed by atoms with Gasteiger partial charge in [-0.05, 0) is 36.8 Å². The number of rotatable bonds is 5. The van der Waals surface area contributed by atoms with Crippen LogP contribution >= 0.6 is 11.3 Å². The van der Waals surface area contributed by atoms with E-state index in [1.807, 2.05) is 16.9 Å². The molecule has 4 atom stereocenters. The number of nitrogens with zero attached hydrogens (tertiary/aromatic N) is 7. The number of likely N-dealkylation sites (tertiary alicyclic amines) is 1. The van der Waals surface area contributed by atoms with Gasteiger partial charge in [0.1, 0.15) is 23.0 Å². The van der Waals surface area contributed by atoms with Crippen molar-refractivity contribution < 1.29 is 4.74 Å². The van der Waals surface area contributed by atoms with E-state index in [0.717, 1.165) is 48.6 Å². The van der Waals surface area contributed by atoms with Crippen LogP contribution in [0.4, 0.5) is 0 Å². The van der Waals surface area contributed by atoms with E-state index >= 15 is 0 Å². The van der Waals surface area contributed by atoms with E-state index in [4.69, 9.17) is 10.00 Å². The molecule has 1 aliphatic carbocycles. The SMILES string of the molecule is CO[C@@H]1C[C@H]2CN(Cc3ccc(C#N)s3)C[C@H]2C[C@H]1n1cc(-c2cncnc2)nn1. The van der Waals surface area contributed by atoms with Crippen LogP contribution in [0.1, 0.15) is 28.6 Å². The maximum absolute atomic E-state index is 9.06. The highest BCUT2D eigenvalue weighted by Crippen LogP contribution is 2.42. The Kier molecular flexibility index (Phi) is 5.29. The van der Waals surface area contributed by atoms with Gasteiger partial charge in [0.2, 0.25) is 0 Å². The molecule has 0 unspecified atom stereocenters. The summed E-state index contributed by atoms with van der Waals surface area (Å²) in [6.07, 6.45) is 9.18. The zero-order valence-electron chi connectivity index (χ0n) is 16.8. The predicted molar refractivity (Wildman–Crippen MR) is 111 cm³/mol. The average Bonchev–Trinajstić information content (AvgIpc) is 3.52. The summed E-state index contributed by atoms with van der Waals surface area (Å²) < 4.78 is 7.85. The quantitative estimate of drug-likeness (QED) is 0.625. The summed E-state index contributed by atoms with van der Waals surface area (Å²) in [4.78, 5) is 12.7. The zero-order valence-corrected chi connectivity index (χ0v) is 17.6. The van der Waals surface area contributed by atoms with Crippen molar-refractivity contribution in [3.8, 4) is 17.3 Å².